The molecule has 0 bridgehead atoms. The van der Waals surface area contributed by atoms with E-state index in [2.05, 4.69) is 6.92 Å². The molecule has 0 atom stereocenters. The van der Waals surface area contributed by atoms with E-state index < -0.39 is 0 Å². The minimum Gasteiger partial charge on any atom is -0.300 e. The van der Waals surface area contributed by atoms with Gasteiger partial charge in [0, 0.05) is 12.0 Å². The van der Waals surface area contributed by atoms with Crippen LogP contribution >= 0.6 is 0 Å². The fraction of sp³-hybridized carbons (Fsp3) is 0.429. The SMILES string of the molecule is CC(=O)c1ccc2ccccc2c1.CCCCCCCC(C)=O. The summed E-state index contributed by atoms with van der Waals surface area (Å²) in [4.78, 5) is 21.6. The van der Waals surface area contributed by atoms with Crippen LogP contribution in [-0.4, -0.2) is 11.6 Å². The number of carbonyl (C=O) groups is 2. The van der Waals surface area contributed by atoms with E-state index in [-0.39, 0.29) is 5.78 Å². The number of unbranched alkanes of at least 4 members (excludes halogenated alkanes) is 4. The Morgan fingerprint density at radius 1 is 0.826 bits per heavy atom. The van der Waals surface area contributed by atoms with Crippen molar-refractivity contribution in [2.45, 2.75) is 59.3 Å². The van der Waals surface area contributed by atoms with Crippen LogP contribution in [0.2, 0.25) is 0 Å². The van der Waals surface area contributed by atoms with E-state index in [0.717, 1.165) is 23.8 Å². The maximum absolute atomic E-state index is 11.1. The molecule has 124 valence electrons. The Balaban J connectivity index is 0.000000241. The molecule has 23 heavy (non-hydrogen) atoms. The van der Waals surface area contributed by atoms with Crippen LogP contribution in [0.3, 0.4) is 0 Å². The summed E-state index contributed by atoms with van der Waals surface area (Å²) in [6.07, 6.45) is 6.99. The smallest absolute Gasteiger partial charge is 0.159 e. The molecule has 0 aromatic heterocycles. The molecule has 2 heteroatoms. The van der Waals surface area contributed by atoms with Crippen LogP contribution in [0.4, 0.5) is 0 Å². The first-order chi connectivity index (χ1) is 11.0. The van der Waals surface area contributed by atoms with E-state index in [1.165, 1.54) is 31.1 Å². The zero-order valence-electron chi connectivity index (χ0n) is 14.6. The lowest BCUT2D eigenvalue weighted by molar-refractivity contribution is -0.117. The highest BCUT2D eigenvalue weighted by molar-refractivity contribution is 5.98. The highest BCUT2D eigenvalue weighted by Crippen LogP contribution is 2.15. The van der Waals surface area contributed by atoms with Gasteiger partial charge in [0.25, 0.3) is 0 Å². The van der Waals surface area contributed by atoms with Crippen LogP contribution in [0.5, 0.6) is 0 Å². The predicted octanol–water partition coefficient (Wildman–Crippen LogP) is 5.98. The minimum absolute atomic E-state index is 0.116. The molecule has 0 unspecified atom stereocenters. The van der Waals surface area contributed by atoms with Gasteiger partial charge in [0.15, 0.2) is 5.78 Å². The molecule has 0 radical (unpaired) electrons. The summed E-state index contributed by atoms with van der Waals surface area (Å²) < 4.78 is 0. The summed E-state index contributed by atoms with van der Waals surface area (Å²) in [5.41, 5.74) is 0.777. The molecule has 0 amide bonds. The van der Waals surface area contributed by atoms with Gasteiger partial charge in [0.1, 0.15) is 5.78 Å². The van der Waals surface area contributed by atoms with Crippen molar-refractivity contribution >= 4 is 22.3 Å². The second-order valence-corrected chi connectivity index (χ2v) is 5.98. The second-order valence-electron chi connectivity index (χ2n) is 5.98. The third kappa shape index (κ3) is 7.73. The van der Waals surface area contributed by atoms with Crippen molar-refractivity contribution in [3.05, 3.63) is 48.0 Å². The van der Waals surface area contributed by atoms with Crippen LogP contribution < -0.4 is 0 Å². The Morgan fingerprint density at radius 2 is 1.48 bits per heavy atom. The number of hydrogen-bond donors (Lipinski definition) is 0. The fourth-order valence-corrected chi connectivity index (χ4v) is 2.39. The summed E-state index contributed by atoms with van der Waals surface area (Å²) in [5, 5.41) is 2.29. The van der Waals surface area contributed by atoms with Crippen molar-refractivity contribution in [2.75, 3.05) is 0 Å². The number of fused-ring (bicyclic) bond motifs is 1. The molecule has 0 saturated carbocycles. The topological polar surface area (TPSA) is 34.1 Å². The normalized spacial score (nSPS) is 10.0. The first-order valence-corrected chi connectivity index (χ1v) is 8.53. The van der Waals surface area contributed by atoms with Crippen LogP contribution in [-0.2, 0) is 4.79 Å². The Kier molecular flexibility index (Phi) is 8.89. The standard InChI is InChI=1S/C12H10O.C9H18O/c1-9(13)11-7-6-10-4-2-3-5-12(10)8-11;1-3-4-5-6-7-8-9(2)10/h2-8H,1H3;3-8H2,1-2H3. The molecule has 0 spiro atoms. The van der Waals surface area contributed by atoms with Gasteiger partial charge in [-0.3, -0.25) is 4.79 Å². The first kappa shape index (κ1) is 19.1. The Bertz CT molecular complexity index is 629. The number of rotatable bonds is 7. The van der Waals surface area contributed by atoms with Gasteiger partial charge in [0.2, 0.25) is 0 Å². The van der Waals surface area contributed by atoms with Gasteiger partial charge in [-0.2, -0.15) is 0 Å². The molecule has 2 aromatic carbocycles. The molecule has 0 aliphatic carbocycles. The number of Topliss-reactive ketones (excluding diaryl/α,β-unsaturated/α-hetero) is 2. The van der Waals surface area contributed by atoms with Crippen molar-refractivity contribution in [1.29, 1.82) is 0 Å². The maximum Gasteiger partial charge on any atom is 0.159 e. The molecule has 0 N–H and O–H groups in total. The van der Waals surface area contributed by atoms with Crippen LogP contribution in [0.15, 0.2) is 42.5 Å². The molecule has 0 fully saturated rings. The average Bonchev–Trinajstić information content (AvgIpc) is 2.54. The number of carbonyl (C=O) groups excluding carboxylic acids is 2. The lowest BCUT2D eigenvalue weighted by Gasteiger charge is -1.99. The third-order valence-electron chi connectivity index (χ3n) is 3.79. The van der Waals surface area contributed by atoms with Crippen molar-refractivity contribution < 1.29 is 9.59 Å². The molecule has 2 rings (SSSR count). The average molecular weight is 312 g/mol. The lowest BCUT2D eigenvalue weighted by Crippen LogP contribution is -1.90. The Hall–Kier alpha value is -1.96. The Morgan fingerprint density at radius 3 is 2.09 bits per heavy atom. The van der Waals surface area contributed by atoms with Crippen LogP contribution in [0.25, 0.3) is 10.8 Å². The van der Waals surface area contributed by atoms with E-state index in [1.807, 2.05) is 42.5 Å². The van der Waals surface area contributed by atoms with Gasteiger partial charge >= 0.3 is 0 Å². The van der Waals surface area contributed by atoms with Gasteiger partial charge in [-0.25, -0.2) is 0 Å². The van der Waals surface area contributed by atoms with E-state index in [1.54, 1.807) is 13.8 Å². The molecule has 0 aliphatic rings. The van der Waals surface area contributed by atoms with Crippen molar-refractivity contribution in [2.24, 2.45) is 0 Å². The monoisotopic (exact) mass is 312 g/mol. The zero-order valence-corrected chi connectivity index (χ0v) is 14.6. The third-order valence-corrected chi connectivity index (χ3v) is 3.79. The number of benzene rings is 2. The molecule has 0 saturated heterocycles. The van der Waals surface area contributed by atoms with Crippen molar-refractivity contribution in [3.8, 4) is 0 Å². The van der Waals surface area contributed by atoms with Gasteiger partial charge in [-0.05, 0) is 37.1 Å². The van der Waals surface area contributed by atoms with Gasteiger partial charge in [-0.1, -0.05) is 69.0 Å². The van der Waals surface area contributed by atoms with Gasteiger partial charge in [-0.15, -0.1) is 0 Å². The predicted molar refractivity (Wildman–Crippen MR) is 98.0 cm³/mol. The molecule has 0 aliphatic heterocycles. The van der Waals surface area contributed by atoms with E-state index >= 15 is 0 Å². The summed E-state index contributed by atoms with van der Waals surface area (Å²) in [6, 6.07) is 13.8. The van der Waals surface area contributed by atoms with Crippen LogP contribution in [0, 0.1) is 0 Å². The highest BCUT2D eigenvalue weighted by atomic mass is 16.1. The summed E-state index contributed by atoms with van der Waals surface area (Å²) in [6.45, 7) is 5.45. The van der Waals surface area contributed by atoms with Crippen LogP contribution in [0.1, 0.15) is 69.7 Å². The fourth-order valence-electron chi connectivity index (χ4n) is 2.39. The van der Waals surface area contributed by atoms with Gasteiger partial charge < -0.3 is 4.79 Å². The molecular formula is C21H28O2. The maximum atomic E-state index is 11.1. The first-order valence-electron chi connectivity index (χ1n) is 8.53. The quantitative estimate of drug-likeness (QED) is 0.465. The summed E-state index contributed by atoms with van der Waals surface area (Å²) >= 11 is 0. The molecule has 2 nitrogen and oxygen atoms in total. The number of hydrogen-bond acceptors (Lipinski definition) is 2. The molecule has 2 aromatic rings. The Labute approximate surface area is 139 Å². The lowest BCUT2D eigenvalue weighted by atomic mass is 10.1. The summed E-state index contributed by atoms with van der Waals surface area (Å²) in [7, 11) is 0. The second kappa shape index (κ2) is 10.7. The van der Waals surface area contributed by atoms with Gasteiger partial charge in [0.05, 0.1) is 0 Å². The van der Waals surface area contributed by atoms with E-state index in [4.69, 9.17) is 0 Å². The van der Waals surface area contributed by atoms with Crippen molar-refractivity contribution in [3.63, 3.8) is 0 Å². The highest BCUT2D eigenvalue weighted by Gasteiger charge is 1.99. The number of ketones is 2. The molecule has 0 heterocycles. The van der Waals surface area contributed by atoms with E-state index in [0.29, 0.717) is 5.78 Å². The van der Waals surface area contributed by atoms with Crippen molar-refractivity contribution in [1.82, 2.24) is 0 Å². The van der Waals surface area contributed by atoms with E-state index in [9.17, 15) is 9.59 Å². The minimum atomic E-state index is 0.116. The molecular weight excluding hydrogens is 284 g/mol. The zero-order chi connectivity index (χ0) is 17.1. The summed E-state index contributed by atoms with van der Waals surface area (Å²) in [5.74, 6) is 0.447. The largest absolute Gasteiger partial charge is 0.300 e.